The van der Waals surface area contributed by atoms with Crippen LogP contribution in [0.4, 0.5) is 5.69 Å². The topological polar surface area (TPSA) is 60.7 Å². The van der Waals surface area contributed by atoms with Crippen LogP contribution in [0.15, 0.2) is 45.6 Å². The molecule has 0 spiro atoms. The van der Waals surface area contributed by atoms with E-state index in [1.807, 2.05) is 58.0 Å². The van der Waals surface area contributed by atoms with Crippen LogP contribution in [-0.4, -0.2) is 13.2 Å². The average molecular weight is 367 g/mol. The molecule has 3 aromatic rings. The Labute approximate surface area is 158 Å². The highest BCUT2D eigenvalue weighted by atomic mass is 16.5. The summed E-state index contributed by atoms with van der Waals surface area (Å²) in [5.41, 5.74) is 4.20. The number of fused-ring (bicyclic) bond motifs is 1. The van der Waals surface area contributed by atoms with Gasteiger partial charge < -0.3 is 19.2 Å². The van der Waals surface area contributed by atoms with Crippen LogP contribution < -0.4 is 20.4 Å². The van der Waals surface area contributed by atoms with Crippen LogP contribution in [0.1, 0.15) is 30.5 Å². The fourth-order valence-electron chi connectivity index (χ4n) is 3.03. The first-order valence-corrected chi connectivity index (χ1v) is 9.20. The Morgan fingerprint density at radius 2 is 1.70 bits per heavy atom. The van der Waals surface area contributed by atoms with Crippen molar-refractivity contribution in [2.75, 3.05) is 18.5 Å². The maximum absolute atomic E-state index is 12.0. The Balaban J connectivity index is 1.90. The summed E-state index contributed by atoms with van der Waals surface area (Å²) in [7, 11) is 0. The normalized spacial score (nSPS) is 10.8. The molecule has 0 bridgehead atoms. The van der Waals surface area contributed by atoms with Crippen molar-refractivity contribution >= 4 is 16.7 Å². The molecule has 1 aromatic heterocycles. The van der Waals surface area contributed by atoms with Gasteiger partial charge in [0.15, 0.2) is 11.5 Å². The van der Waals surface area contributed by atoms with Gasteiger partial charge in [-0.1, -0.05) is 12.1 Å². The molecule has 0 amide bonds. The van der Waals surface area contributed by atoms with Crippen LogP contribution in [-0.2, 0) is 6.54 Å². The molecule has 0 radical (unpaired) electrons. The smallest absolute Gasteiger partial charge is 0.336 e. The van der Waals surface area contributed by atoms with E-state index >= 15 is 0 Å². The van der Waals surface area contributed by atoms with E-state index in [-0.39, 0.29) is 5.63 Å². The molecule has 0 aliphatic heterocycles. The number of nitrogens with one attached hydrogen (secondary N) is 1. The van der Waals surface area contributed by atoms with Crippen LogP contribution in [0, 0.1) is 13.8 Å². The Hall–Kier alpha value is -2.95. The number of anilines is 1. The lowest BCUT2D eigenvalue weighted by atomic mass is 10.0. The molecule has 0 aliphatic rings. The predicted octanol–water partition coefficient (Wildman–Crippen LogP) is 4.82. The first-order chi connectivity index (χ1) is 13.0. The number of ether oxygens (including phenoxy) is 2. The van der Waals surface area contributed by atoms with Gasteiger partial charge in [0.1, 0.15) is 5.58 Å². The number of rotatable bonds is 7. The number of hydrogen-bond acceptors (Lipinski definition) is 5. The SMILES string of the molecule is CCOc1ccc(NCc2cc(=O)oc3c(C)c(C)ccc23)cc1OCC. The lowest BCUT2D eigenvalue weighted by molar-refractivity contribution is 0.288. The Kier molecular flexibility index (Phi) is 5.69. The maximum Gasteiger partial charge on any atom is 0.336 e. The Morgan fingerprint density at radius 3 is 2.44 bits per heavy atom. The zero-order chi connectivity index (χ0) is 19.4. The summed E-state index contributed by atoms with van der Waals surface area (Å²) in [6.45, 7) is 9.51. The molecule has 1 N–H and O–H groups in total. The van der Waals surface area contributed by atoms with Crippen molar-refractivity contribution in [2.45, 2.75) is 34.2 Å². The molecule has 0 atom stereocenters. The average Bonchev–Trinajstić information content (AvgIpc) is 2.65. The minimum absolute atomic E-state index is 0.338. The van der Waals surface area contributed by atoms with E-state index in [0.29, 0.717) is 31.1 Å². The molecule has 5 nitrogen and oxygen atoms in total. The zero-order valence-corrected chi connectivity index (χ0v) is 16.2. The molecule has 27 heavy (non-hydrogen) atoms. The largest absolute Gasteiger partial charge is 0.490 e. The molecule has 1 heterocycles. The van der Waals surface area contributed by atoms with Crippen molar-refractivity contribution in [3.8, 4) is 11.5 Å². The second kappa shape index (κ2) is 8.16. The minimum atomic E-state index is -0.338. The summed E-state index contributed by atoms with van der Waals surface area (Å²) in [4.78, 5) is 12.0. The van der Waals surface area contributed by atoms with Crippen molar-refractivity contribution in [3.05, 3.63) is 63.5 Å². The van der Waals surface area contributed by atoms with Crippen LogP contribution in [0.25, 0.3) is 11.0 Å². The summed E-state index contributed by atoms with van der Waals surface area (Å²) in [5.74, 6) is 1.43. The second-order valence-electron chi connectivity index (χ2n) is 6.36. The summed E-state index contributed by atoms with van der Waals surface area (Å²) >= 11 is 0. The van der Waals surface area contributed by atoms with Gasteiger partial charge in [0.2, 0.25) is 0 Å². The monoisotopic (exact) mass is 367 g/mol. The van der Waals surface area contributed by atoms with Crippen LogP contribution >= 0.6 is 0 Å². The fraction of sp³-hybridized carbons (Fsp3) is 0.318. The predicted molar refractivity (Wildman–Crippen MR) is 108 cm³/mol. The van der Waals surface area contributed by atoms with Gasteiger partial charge >= 0.3 is 5.63 Å². The van der Waals surface area contributed by atoms with Crippen molar-refractivity contribution < 1.29 is 13.9 Å². The third-order valence-corrected chi connectivity index (χ3v) is 4.54. The highest BCUT2D eigenvalue weighted by Crippen LogP contribution is 2.31. The van der Waals surface area contributed by atoms with Crippen molar-refractivity contribution in [1.29, 1.82) is 0 Å². The highest BCUT2D eigenvalue weighted by molar-refractivity contribution is 5.84. The Bertz CT molecular complexity index is 1010. The number of hydrogen-bond donors (Lipinski definition) is 1. The summed E-state index contributed by atoms with van der Waals surface area (Å²) < 4.78 is 16.7. The van der Waals surface area contributed by atoms with E-state index in [4.69, 9.17) is 13.9 Å². The van der Waals surface area contributed by atoms with E-state index in [1.54, 1.807) is 6.07 Å². The first kappa shape index (κ1) is 18.8. The third kappa shape index (κ3) is 4.08. The summed E-state index contributed by atoms with van der Waals surface area (Å²) in [6.07, 6.45) is 0. The van der Waals surface area contributed by atoms with Crippen LogP contribution in [0.2, 0.25) is 0 Å². The lowest BCUT2D eigenvalue weighted by Crippen LogP contribution is -2.07. The van der Waals surface area contributed by atoms with E-state index in [1.165, 1.54) is 0 Å². The van der Waals surface area contributed by atoms with Gasteiger partial charge in [-0.25, -0.2) is 4.79 Å². The molecule has 0 saturated carbocycles. The van der Waals surface area contributed by atoms with Gasteiger partial charge in [-0.15, -0.1) is 0 Å². The Morgan fingerprint density at radius 1 is 0.963 bits per heavy atom. The third-order valence-electron chi connectivity index (χ3n) is 4.54. The number of aryl methyl sites for hydroxylation is 2. The second-order valence-corrected chi connectivity index (χ2v) is 6.36. The summed E-state index contributed by atoms with van der Waals surface area (Å²) in [6, 6.07) is 11.3. The van der Waals surface area contributed by atoms with Gasteiger partial charge in [0.05, 0.1) is 13.2 Å². The van der Waals surface area contributed by atoms with Crippen LogP contribution in [0.3, 0.4) is 0 Å². The van der Waals surface area contributed by atoms with E-state index in [9.17, 15) is 4.79 Å². The van der Waals surface area contributed by atoms with Crippen molar-refractivity contribution in [1.82, 2.24) is 0 Å². The maximum atomic E-state index is 12.0. The standard InChI is InChI=1S/C22H25NO4/c1-5-25-19-10-8-17(12-20(19)26-6-2)23-13-16-11-21(24)27-22-15(4)14(3)7-9-18(16)22/h7-12,23H,5-6,13H2,1-4H3. The zero-order valence-electron chi connectivity index (χ0n) is 16.2. The van der Waals surface area contributed by atoms with E-state index in [2.05, 4.69) is 5.32 Å². The molecule has 0 fully saturated rings. The molecule has 5 heteroatoms. The van der Waals surface area contributed by atoms with Gasteiger partial charge in [-0.3, -0.25) is 0 Å². The minimum Gasteiger partial charge on any atom is -0.490 e. The molecule has 142 valence electrons. The van der Waals surface area contributed by atoms with Crippen LogP contribution in [0.5, 0.6) is 11.5 Å². The molecule has 0 saturated heterocycles. The first-order valence-electron chi connectivity index (χ1n) is 9.20. The lowest BCUT2D eigenvalue weighted by Gasteiger charge is -2.14. The van der Waals surface area contributed by atoms with Crippen molar-refractivity contribution in [2.24, 2.45) is 0 Å². The van der Waals surface area contributed by atoms with Gasteiger partial charge in [-0.2, -0.15) is 0 Å². The highest BCUT2D eigenvalue weighted by Gasteiger charge is 2.10. The molecule has 2 aromatic carbocycles. The quantitative estimate of drug-likeness (QED) is 0.607. The fourth-order valence-corrected chi connectivity index (χ4v) is 3.03. The molecule has 0 unspecified atom stereocenters. The molecular weight excluding hydrogens is 342 g/mol. The van der Waals surface area contributed by atoms with Gasteiger partial charge in [-0.05, 0) is 56.5 Å². The molecule has 0 aliphatic carbocycles. The molecule has 3 rings (SSSR count). The number of benzene rings is 2. The van der Waals surface area contributed by atoms with Crippen molar-refractivity contribution in [3.63, 3.8) is 0 Å². The van der Waals surface area contributed by atoms with E-state index < -0.39 is 0 Å². The van der Waals surface area contributed by atoms with E-state index in [0.717, 1.165) is 33.5 Å². The molecular formula is C22H25NO4. The van der Waals surface area contributed by atoms with Gasteiger partial charge in [0, 0.05) is 29.8 Å². The summed E-state index contributed by atoms with van der Waals surface area (Å²) in [5, 5.41) is 4.31. The van der Waals surface area contributed by atoms with Gasteiger partial charge in [0.25, 0.3) is 0 Å².